The topological polar surface area (TPSA) is 35.5 Å². The maximum Gasteiger partial charge on any atom is 0.326 e. The molecule has 0 bridgehead atoms. The lowest BCUT2D eigenvalue weighted by Crippen LogP contribution is -2.09. The predicted molar refractivity (Wildman–Crippen MR) is 54.4 cm³/mol. The summed E-state index contributed by atoms with van der Waals surface area (Å²) in [6, 6.07) is 4.77. The zero-order chi connectivity index (χ0) is 10.6. The van der Waals surface area contributed by atoms with E-state index in [0.717, 1.165) is 0 Å². The van der Waals surface area contributed by atoms with Gasteiger partial charge in [-0.15, -0.1) is 11.6 Å². The number of esters is 1. The smallest absolute Gasteiger partial charge is 0.326 e. The predicted octanol–water partition coefficient (Wildman–Crippen LogP) is 2.49. The monoisotopic (exact) mass is 234 g/mol. The molecule has 0 N–H and O–H groups in total. The van der Waals surface area contributed by atoms with Crippen molar-refractivity contribution < 1.29 is 14.3 Å². The van der Waals surface area contributed by atoms with Crippen molar-refractivity contribution >= 4 is 29.2 Å². The molecule has 0 unspecified atom stereocenters. The number of halogens is 2. The lowest BCUT2D eigenvalue weighted by molar-refractivity contribution is -0.131. The first-order valence-corrected chi connectivity index (χ1v) is 4.69. The van der Waals surface area contributed by atoms with Gasteiger partial charge in [-0.2, -0.15) is 0 Å². The third kappa shape index (κ3) is 2.79. The molecule has 0 amide bonds. The van der Waals surface area contributed by atoms with Crippen LogP contribution in [0.4, 0.5) is 0 Å². The summed E-state index contributed by atoms with van der Waals surface area (Å²) in [4.78, 5) is 10.9. The van der Waals surface area contributed by atoms with Crippen molar-refractivity contribution in [2.75, 3.05) is 13.0 Å². The van der Waals surface area contributed by atoms with Gasteiger partial charge in [-0.05, 0) is 12.1 Å². The Hall–Kier alpha value is -0.930. The Labute approximate surface area is 91.5 Å². The normalized spacial score (nSPS) is 9.64. The van der Waals surface area contributed by atoms with Gasteiger partial charge in [0.2, 0.25) is 0 Å². The van der Waals surface area contributed by atoms with Crippen LogP contribution in [0.25, 0.3) is 0 Å². The average Bonchev–Trinajstić information content (AvgIpc) is 2.21. The Kier molecular flexibility index (Phi) is 4.04. The number of hydrogen-bond acceptors (Lipinski definition) is 3. The molecule has 1 aromatic rings. The van der Waals surface area contributed by atoms with Crippen LogP contribution in [0.15, 0.2) is 18.2 Å². The average molecular weight is 235 g/mol. The molecule has 5 heteroatoms. The van der Waals surface area contributed by atoms with Crippen LogP contribution in [0.3, 0.4) is 0 Å². The van der Waals surface area contributed by atoms with Crippen molar-refractivity contribution in [3.8, 4) is 11.5 Å². The molecule has 0 atom stereocenters. The fraction of sp³-hybridized carbons (Fsp3) is 0.222. The van der Waals surface area contributed by atoms with Crippen LogP contribution >= 0.6 is 23.2 Å². The van der Waals surface area contributed by atoms with Gasteiger partial charge in [0.25, 0.3) is 0 Å². The van der Waals surface area contributed by atoms with Gasteiger partial charge in [0.15, 0.2) is 5.75 Å². The molecule has 1 rings (SSSR count). The summed E-state index contributed by atoms with van der Waals surface area (Å²) in [6.07, 6.45) is 0. The van der Waals surface area contributed by atoms with Crippen LogP contribution in [0.2, 0.25) is 5.02 Å². The fourth-order valence-corrected chi connectivity index (χ4v) is 1.05. The van der Waals surface area contributed by atoms with Gasteiger partial charge in [0.1, 0.15) is 11.6 Å². The highest BCUT2D eigenvalue weighted by Gasteiger charge is 2.08. The van der Waals surface area contributed by atoms with Crippen molar-refractivity contribution in [3.05, 3.63) is 23.2 Å². The van der Waals surface area contributed by atoms with Crippen LogP contribution in [0.1, 0.15) is 0 Å². The summed E-state index contributed by atoms with van der Waals surface area (Å²) >= 11 is 11.1. The summed E-state index contributed by atoms with van der Waals surface area (Å²) < 4.78 is 9.80. The van der Waals surface area contributed by atoms with E-state index in [2.05, 4.69) is 0 Å². The van der Waals surface area contributed by atoms with Crippen molar-refractivity contribution in [1.82, 2.24) is 0 Å². The third-order valence-electron chi connectivity index (χ3n) is 1.47. The highest BCUT2D eigenvalue weighted by molar-refractivity contribution is 6.32. The first kappa shape index (κ1) is 11.1. The van der Waals surface area contributed by atoms with Crippen molar-refractivity contribution in [2.45, 2.75) is 0 Å². The van der Waals surface area contributed by atoms with Gasteiger partial charge in [0.05, 0.1) is 12.1 Å². The van der Waals surface area contributed by atoms with Crippen molar-refractivity contribution in [3.63, 3.8) is 0 Å². The van der Waals surface area contributed by atoms with E-state index < -0.39 is 5.97 Å². The Morgan fingerprint density at radius 3 is 2.79 bits per heavy atom. The van der Waals surface area contributed by atoms with Crippen LogP contribution in [-0.2, 0) is 4.79 Å². The lowest BCUT2D eigenvalue weighted by Gasteiger charge is -2.06. The lowest BCUT2D eigenvalue weighted by atomic mass is 10.3. The molecular formula is C9H8Cl2O3. The van der Waals surface area contributed by atoms with Crippen LogP contribution in [-0.4, -0.2) is 19.0 Å². The quantitative estimate of drug-likeness (QED) is 0.458. The number of alkyl halides is 1. The molecule has 0 heterocycles. The summed E-state index contributed by atoms with van der Waals surface area (Å²) in [6.45, 7) is 0. The fourth-order valence-electron chi connectivity index (χ4n) is 0.839. The van der Waals surface area contributed by atoms with E-state index in [1.54, 1.807) is 12.1 Å². The molecule has 0 aliphatic rings. The first-order valence-electron chi connectivity index (χ1n) is 3.77. The highest BCUT2D eigenvalue weighted by atomic mass is 35.5. The van der Waals surface area contributed by atoms with Gasteiger partial charge in [-0.3, -0.25) is 4.79 Å². The second-order valence-corrected chi connectivity index (χ2v) is 3.08. The Bertz CT molecular complexity index is 339. The summed E-state index contributed by atoms with van der Waals surface area (Å²) in [5, 5.41) is 0.337. The van der Waals surface area contributed by atoms with Gasteiger partial charge < -0.3 is 9.47 Å². The molecule has 0 spiro atoms. The second-order valence-electron chi connectivity index (χ2n) is 2.40. The van der Waals surface area contributed by atoms with Crippen LogP contribution < -0.4 is 9.47 Å². The first-order chi connectivity index (χ1) is 6.67. The molecule has 3 nitrogen and oxygen atoms in total. The number of carbonyl (C=O) groups is 1. The molecule has 14 heavy (non-hydrogen) atoms. The van der Waals surface area contributed by atoms with Gasteiger partial charge in [0, 0.05) is 6.07 Å². The number of ether oxygens (including phenoxy) is 2. The molecule has 0 fully saturated rings. The van der Waals surface area contributed by atoms with E-state index in [1.165, 1.54) is 13.2 Å². The second kappa shape index (κ2) is 5.08. The zero-order valence-electron chi connectivity index (χ0n) is 7.42. The summed E-state index contributed by atoms with van der Waals surface area (Å²) in [5.41, 5.74) is 0. The summed E-state index contributed by atoms with van der Waals surface area (Å²) in [7, 11) is 1.51. The molecule has 0 saturated heterocycles. The highest BCUT2D eigenvalue weighted by Crippen LogP contribution is 2.28. The van der Waals surface area contributed by atoms with Crippen molar-refractivity contribution in [2.24, 2.45) is 0 Å². The van der Waals surface area contributed by atoms with Gasteiger partial charge in [-0.25, -0.2) is 0 Å². The molecule has 0 aliphatic carbocycles. The third-order valence-corrected chi connectivity index (χ3v) is 2.00. The minimum Gasteiger partial charge on any atom is -0.497 e. The molecule has 76 valence electrons. The Balaban J connectivity index is 2.89. The van der Waals surface area contributed by atoms with Crippen molar-refractivity contribution in [1.29, 1.82) is 0 Å². The van der Waals surface area contributed by atoms with E-state index in [0.29, 0.717) is 10.8 Å². The zero-order valence-corrected chi connectivity index (χ0v) is 8.93. The molecule has 0 aliphatic heterocycles. The molecule has 0 aromatic heterocycles. The van der Waals surface area contributed by atoms with E-state index in [9.17, 15) is 4.79 Å². The molecular weight excluding hydrogens is 227 g/mol. The summed E-state index contributed by atoms with van der Waals surface area (Å²) in [5.74, 6) is 0.0401. The van der Waals surface area contributed by atoms with Crippen LogP contribution in [0.5, 0.6) is 11.5 Å². The molecule has 0 radical (unpaired) electrons. The maximum atomic E-state index is 10.9. The van der Waals surface area contributed by atoms with Crippen LogP contribution in [0, 0.1) is 0 Å². The molecule has 1 aromatic carbocycles. The van der Waals surface area contributed by atoms with Gasteiger partial charge in [-0.1, -0.05) is 11.6 Å². The van der Waals surface area contributed by atoms with E-state index in [4.69, 9.17) is 32.7 Å². The Morgan fingerprint density at radius 2 is 2.21 bits per heavy atom. The number of rotatable bonds is 3. The minimum atomic E-state index is -0.554. The standard InChI is InChI=1S/C9H8Cl2O3/c1-13-6-2-3-7(11)8(4-6)14-9(12)5-10/h2-4H,5H2,1H3. The number of hydrogen-bond donors (Lipinski definition) is 0. The number of carbonyl (C=O) groups excluding carboxylic acids is 1. The van der Waals surface area contributed by atoms with Gasteiger partial charge >= 0.3 is 5.97 Å². The minimum absolute atomic E-state index is 0.215. The van der Waals surface area contributed by atoms with E-state index in [1.807, 2.05) is 0 Å². The number of benzene rings is 1. The van der Waals surface area contributed by atoms with E-state index >= 15 is 0 Å². The van der Waals surface area contributed by atoms with E-state index in [-0.39, 0.29) is 11.6 Å². The SMILES string of the molecule is COc1ccc(Cl)c(OC(=O)CCl)c1. The molecule has 0 saturated carbocycles. The Morgan fingerprint density at radius 1 is 1.50 bits per heavy atom. The largest absolute Gasteiger partial charge is 0.497 e. The maximum absolute atomic E-state index is 10.9. The number of methoxy groups -OCH3 is 1.